The van der Waals surface area contributed by atoms with Gasteiger partial charge in [-0.3, -0.25) is 9.78 Å². The molecule has 1 aliphatic carbocycles. The van der Waals surface area contributed by atoms with Crippen LogP contribution in [0.4, 0.5) is 0 Å². The number of hydrogen-bond acceptors (Lipinski definition) is 3. The lowest BCUT2D eigenvalue weighted by molar-refractivity contribution is 0.843. The number of hydrogen-bond donors (Lipinski definition) is 1. The summed E-state index contributed by atoms with van der Waals surface area (Å²) in [7, 11) is 0. The Morgan fingerprint density at radius 1 is 1.57 bits per heavy atom. The summed E-state index contributed by atoms with van der Waals surface area (Å²) in [5, 5.41) is 4.35. The normalized spacial score (nSPS) is 16.4. The summed E-state index contributed by atoms with van der Waals surface area (Å²) < 4.78 is 1.69. The van der Waals surface area contributed by atoms with Gasteiger partial charge in [0.15, 0.2) is 5.82 Å². The zero-order chi connectivity index (χ0) is 9.71. The Balaban J connectivity index is 2.31. The van der Waals surface area contributed by atoms with Crippen molar-refractivity contribution < 1.29 is 0 Å². The molecule has 5 nitrogen and oxygen atoms in total. The monoisotopic (exact) mass is 190 g/mol. The van der Waals surface area contributed by atoms with Gasteiger partial charge in [-0.1, -0.05) is 0 Å². The van der Waals surface area contributed by atoms with E-state index < -0.39 is 0 Å². The van der Waals surface area contributed by atoms with Crippen molar-refractivity contribution in [3.63, 3.8) is 0 Å². The Hall–Kier alpha value is -1.65. The van der Waals surface area contributed by atoms with E-state index in [9.17, 15) is 4.79 Å². The second-order valence-corrected chi connectivity index (χ2v) is 3.75. The number of aromatic nitrogens is 4. The molecule has 1 N–H and O–H groups in total. The highest BCUT2D eigenvalue weighted by Gasteiger charge is 2.28. The van der Waals surface area contributed by atoms with Crippen molar-refractivity contribution in [2.24, 2.45) is 0 Å². The highest BCUT2D eigenvalue weighted by molar-refractivity contribution is 5.29. The fourth-order valence-corrected chi connectivity index (χ4v) is 1.57. The van der Waals surface area contributed by atoms with Crippen molar-refractivity contribution in [2.45, 2.75) is 25.7 Å². The fourth-order valence-electron chi connectivity index (χ4n) is 1.57. The molecule has 0 atom stereocenters. The van der Waals surface area contributed by atoms with Gasteiger partial charge in [-0.2, -0.15) is 4.98 Å². The molecule has 0 saturated heterocycles. The van der Waals surface area contributed by atoms with Gasteiger partial charge in [-0.05, 0) is 19.8 Å². The Bertz CT molecular complexity index is 549. The standard InChI is InChI=1S/C9H10N4O/c1-5-4-7(14)10-9-11-8(6-2-3-6)12-13(5)9/h4,6H,2-3H2,1H3,(H,10,11,12,14). The Labute approximate surface area is 79.8 Å². The third-order valence-corrected chi connectivity index (χ3v) is 2.48. The van der Waals surface area contributed by atoms with Crippen molar-refractivity contribution in [1.82, 2.24) is 19.6 Å². The summed E-state index contributed by atoms with van der Waals surface area (Å²) in [4.78, 5) is 18.1. The van der Waals surface area contributed by atoms with Gasteiger partial charge in [-0.15, -0.1) is 5.10 Å². The first-order chi connectivity index (χ1) is 6.74. The van der Waals surface area contributed by atoms with Crippen LogP contribution in [-0.2, 0) is 0 Å². The summed E-state index contributed by atoms with van der Waals surface area (Å²) >= 11 is 0. The Morgan fingerprint density at radius 2 is 2.36 bits per heavy atom. The fraction of sp³-hybridized carbons (Fsp3) is 0.444. The number of H-pyrrole nitrogens is 1. The van der Waals surface area contributed by atoms with Gasteiger partial charge in [0.05, 0.1) is 0 Å². The minimum absolute atomic E-state index is 0.121. The molecule has 0 unspecified atom stereocenters. The number of rotatable bonds is 1. The molecular formula is C9H10N4O. The van der Waals surface area contributed by atoms with Crippen LogP contribution in [0.5, 0.6) is 0 Å². The second-order valence-electron chi connectivity index (χ2n) is 3.75. The molecule has 0 amide bonds. The van der Waals surface area contributed by atoms with Crippen molar-refractivity contribution in [2.75, 3.05) is 0 Å². The molecular weight excluding hydrogens is 180 g/mol. The van der Waals surface area contributed by atoms with Crippen LogP contribution in [-0.4, -0.2) is 19.6 Å². The van der Waals surface area contributed by atoms with Crippen LogP contribution < -0.4 is 5.56 Å². The molecule has 0 bridgehead atoms. The maximum Gasteiger partial charge on any atom is 0.252 e. The minimum Gasteiger partial charge on any atom is -0.291 e. The Kier molecular flexibility index (Phi) is 1.34. The first-order valence-corrected chi connectivity index (χ1v) is 4.70. The molecule has 3 rings (SSSR count). The van der Waals surface area contributed by atoms with E-state index in [0.717, 1.165) is 11.5 Å². The molecule has 72 valence electrons. The largest absolute Gasteiger partial charge is 0.291 e. The van der Waals surface area contributed by atoms with Crippen LogP contribution >= 0.6 is 0 Å². The van der Waals surface area contributed by atoms with Gasteiger partial charge >= 0.3 is 0 Å². The third-order valence-electron chi connectivity index (χ3n) is 2.48. The van der Waals surface area contributed by atoms with E-state index in [1.54, 1.807) is 4.52 Å². The summed E-state index contributed by atoms with van der Waals surface area (Å²) in [5.74, 6) is 1.92. The smallest absolute Gasteiger partial charge is 0.252 e. The van der Waals surface area contributed by atoms with E-state index in [-0.39, 0.29) is 5.56 Å². The molecule has 0 aromatic carbocycles. The van der Waals surface area contributed by atoms with E-state index >= 15 is 0 Å². The molecule has 5 heteroatoms. The molecule has 0 radical (unpaired) electrons. The number of nitrogens with one attached hydrogen (secondary N) is 1. The first-order valence-electron chi connectivity index (χ1n) is 4.70. The van der Waals surface area contributed by atoms with Crippen LogP contribution in [0.1, 0.15) is 30.3 Å². The summed E-state index contributed by atoms with van der Waals surface area (Å²) in [6.45, 7) is 1.85. The average Bonchev–Trinajstić information content (AvgIpc) is 2.87. The molecule has 0 spiro atoms. The number of aryl methyl sites for hydroxylation is 1. The van der Waals surface area contributed by atoms with Gasteiger partial charge in [0.25, 0.3) is 5.56 Å². The van der Waals surface area contributed by atoms with Crippen LogP contribution in [0.2, 0.25) is 0 Å². The quantitative estimate of drug-likeness (QED) is 0.716. The van der Waals surface area contributed by atoms with Crippen LogP contribution in [0.25, 0.3) is 5.78 Å². The van der Waals surface area contributed by atoms with E-state index in [2.05, 4.69) is 15.1 Å². The number of fused-ring (bicyclic) bond motifs is 1. The highest BCUT2D eigenvalue weighted by atomic mass is 16.1. The van der Waals surface area contributed by atoms with Crippen molar-refractivity contribution >= 4 is 5.78 Å². The SMILES string of the molecule is Cc1cc(=O)[nH]c2nc(C3CC3)nn12. The van der Waals surface area contributed by atoms with Gasteiger partial charge in [-0.25, -0.2) is 4.52 Å². The first kappa shape index (κ1) is 7.73. The molecule has 0 aliphatic heterocycles. The molecule has 2 aromatic rings. The number of nitrogens with zero attached hydrogens (tertiary/aromatic N) is 3. The summed E-state index contributed by atoms with van der Waals surface area (Å²) in [6, 6.07) is 1.53. The predicted molar refractivity (Wildman–Crippen MR) is 50.3 cm³/mol. The lowest BCUT2D eigenvalue weighted by Gasteiger charge is -1.93. The van der Waals surface area contributed by atoms with E-state index in [4.69, 9.17) is 0 Å². The van der Waals surface area contributed by atoms with Gasteiger partial charge in [0.1, 0.15) is 0 Å². The van der Waals surface area contributed by atoms with E-state index in [0.29, 0.717) is 11.7 Å². The zero-order valence-corrected chi connectivity index (χ0v) is 7.82. The summed E-state index contributed by atoms with van der Waals surface area (Å²) in [6.07, 6.45) is 2.33. The van der Waals surface area contributed by atoms with Crippen LogP contribution in [0, 0.1) is 6.92 Å². The van der Waals surface area contributed by atoms with Crippen molar-refractivity contribution in [3.8, 4) is 0 Å². The lowest BCUT2D eigenvalue weighted by Crippen LogP contribution is -2.09. The lowest BCUT2D eigenvalue weighted by atomic mass is 10.4. The average molecular weight is 190 g/mol. The maximum absolute atomic E-state index is 11.2. The predicted octanol–water partition coefficient (Wildman–Crippen LogP) is 0.603. The molecule has 2 heterocycles. The van der Waals surface area contributed by atoms with Crippen LogP contribution in [0.15, 0.2) is 10.9 Å². The van der Waals surface area contributed by atoms with Crippen LogP contribution in [0.3, 0.4) is 0 Å². The van der Waals surface area contributed by atoms with E-state index in [1.165, 1.54) is 18.9 Å². The van der Waals surface area contributed by atoms with Gasteiger partial charge in [0, 0.05) is 17.7 Å². The summed E-state index contributed by atoms with van der Waals surface area (Å²) in [5.41, 5.74) is 0.702. The maximum atomic E-state index is 11.2. The molecule has 1 saturated carbocycles. The topological polar surface area (TPSA) is 63.0 Å². The van der Waals surface area contributed by atoms with Crippen molar-refractivity contribution in [3.05, 3.63) is 27.9 Å². The van der Waals surface area contributed by atoms with Gasteiger partial charge in [0.2, 0.25) is 5.78 Å². The highest BCUT2D eigenvalue weighted by Crippen LogP contribution is 2.37. The molecule has 1 aliphatic rings. The number of aromatic amines is 1. The van der Waals surface area contributed by atoms with Gasteiger partial charge < -0.3 is 0 Å². The molecule has 1 fully saturated rings. The van der Waals surface area contributed by atoms with E-state index in [1.807, 2.05) is 6.92 Å². The van der Waals surface area contributed by atoms with Crippen molar-refractivity contribution in [1.29, 1.82) is 0 Å². The second kappa shape index (κ2) is 2.43. The molecule has 2 aromatic heterocycles. The zero-order valence-electron chi connectivity index (χ0n) is 7.82. The molecule has 14 heavy (non-hydrogen) atoms. The minimum atomic E-state index is -0.121. The third kappa shape index (κ3) is 1.05. The Morgan fingerprint density at radius 3 is 3.07 bits per heavy atom.